The van der Waals surface area contributed by atoms with Crippen LogP contribution in [0.2, 0.25) is 0 Å². The molecule has 2 aliphatic rings. The van der Waals surface area contributed by atoms with E-state index in [9.17, 15) is 14.7 Å². The Kier molecular flexibility index (Phi) is 16.0. The van der Waals surface area contributed by atoms with Crippen LogP contribution in [0, 0.1) is 0 Å². The first-order valence-electron chi connectivity index (χ1n) is 18.0. The Hall–Kier alpha value is -4.98. The first-order valence-corrected chi connectivity index (χ1v) is 18.0. The Balaban J connectivity index is 0.000000226. The second-order valence-electron chi connectivity index (χ2n) is 12.8. The van der Waals surface area contributed by atoms with Crippen molar-refractivity contribution in [1.29, 1.82) is 0 Å². The second-order valence-corrected chi connectivity index (χ2v) is 12.8. The number of methoxy groups -OCH3 is 1. The fraction of sp³-hybridized carbons (Fsp3) is 0.286. The van der Waals surface area contributed by atoms with Crippen molar-refractivity contribution in [2.75, 3.05) is 50.2 Å². The average molecular weight is 753 g/mol. The number of carbonyl (C=O) groups is 2. The van der Waals surface area contributed by atoms with Crippen LogP contribution in [-0.2, 0) is 4.74 Å². The van der Waals surface area contributed by atoms with Crippen molar-refractivity contribution in [3.8, 4) is 22.5 Å². The first kappa shape index (κ1) is 42.8. The summed E-state index contributed by atoms with van der Waals surface area (Å²) in [4.78, 5) is 47.2. The van der Waals surface area contributed by atoms with Crippen LogP contribution in [0.5, 0.6) is 0 Å². The number of piperidine rings is 2. The summed E-state index contributed by atoms with van der Waals surface area (Å²) in [5.41, 5.74) is 7.25. The number of ether oxygens (including phenoxy) is 1. The van der Waals surface area contributed by atoms with E-state index >= 15 is 0 Å². The van der Waals surface area contributed by atoms with Gasteiger partial charge in [0.25, 0.3) is 0 Å². The smallest absolute Gasteiger partial charge is 0.870 e. The van der Waals surface area contributed by atoms with Crippen LogP contribution in [-0.4, -0.2) is 88.0 Å². The van der Waals surface area contributed by atoms with Gasteiger partial charge in [-0.05, 0) is 74.9 Å². The fourth-order valence-electron chi connectivity index (χ4n) is 6.70. The molecule has 0 spiro atoms. The monoisotopic (exact) mass is 752 g/mol. The van der Waals surface area contributed by atoms with E-state index in [1.807, 2.05) is 66.7 Å². The third-order valence-electron chi connectivity index (χ3n) is 9.37. The van der Waals surface area contributed by atoms with Gasteiger partial charge >= 0.3 is 41.5 Å². The molecular weight excluding hydrogens is 707 g/mol. The molecule has 4 aromatic carbocycles. The maximum absolute atomic E-state index is 11.8. The van der Waals surface area contributed by atoms with Crippen molar-refractivity contribution < 1.29 is 59.6 Å². The number of aliphatic hydroxyl groups excluding tert-OH is 1. The normalized spacial score (nSPS) is 13.6. The number of hydrogen-bond donors (Lipinski definition) is 2. The van der Waals surface area contributed by atoms with Crippen LogP contribution in [0.3, 0.4) is 0 Å². The summed E-state index contributed by atoms with van der Waals surface area (Å²) in [7, 11) is 2.38. The number of anilines is 2. The van der Waals surface area contributed by atoms with Gasteiger partial charge in [0.2, 0.25) is 0 Å². The van der Waals surface area contributed by atoms with E-state index in [0.717, 1.165) is 91.3 Å². The van der Waals surface area contributed by atoms with Gasteiger partial charge in [0.15, 0.2) is 11.6 Å². The molecular formula is C42H45N6NaO6. The molecule has 2 aromatic heterocycles. The molecule has 0 unspecified atom stereocenters. The number of carbonyl (C=O) groups excluding carboxylic acids is 1. The quantitative estimate of drug-likeness (QED) is 0.181. The average Bonchev–Trinajstić information content (AvgIpc) is 3.24. The van der Waals surface area contributed by atoms with E-state index in [-0.39, 0.29) is 46.6 Å². The fourth-order valence-corrected chi connectivity index (χ4v) is 6.70. The summed E-state index contributed by atoms with van der Waals surface area (Å²) >= 11 is 0. The van der Waals surface area contributed by atoms with Gasteiger partial charge < -0.3 is 30.2 Å². The van der Waals surface area contributed by atoms with Gasteiger partial charge in [0.1, 0.15) is 11.4 Å². The number of carboxylic acids is 1. The molecule has 0 amide bonds. The van der Waals surface area contributed by atoms with Crippen molar-refractivity contribution in [1.82, 2.24) is 19.9 Å². The maximum atomic E-state index is 11.8. The SMILES string of the molecule is CO.COC(=O)c1ccc2nc(N3CCCCC3)c(-c3ccccc3)nc2c1.O=C(O)c1ccc2nc(N3CCCCC3)c(-c3ccccc3)nc2c1.[Na+].[OH-]. The van der Waals surface area contributed by atoms with Crippen molar-refractivity contribution in [3.63, 3.8) is 0 Å². The van der Waals surface area contributed by atoms with E-state index in [4.69, 9.17) is 29.8 Å². The largest absolute Gasteiger partial charge is 1.00 e. The number of aromatic nitrogens is 4. The predicted octanol–water partition coefficient (Wildman–Crippen LogP) is 4.49. The third-order valence-corrected chi connectivity index (χ3v) is 9.37. The molecule has 280 valence electrons. The summed E-state index contributed by atoms with van der Waals surface area (Å²) in [6.45, 7) is 3.96. The van der Waals surface area contributed by atoms with Gasteiger partial charge in [-0.1, -0.05) is 60.7 Å². The van der Waals surface area contributed by atoms with Crippen molar-refractivity contribution >= 4 is 45.6 Å². The van der Waals surface area contributed by atoms with Crippen LogP contribution in [0.4, 0.5) is 11.6 Å². The molecule has 4 heterocycles. The molecule has 12 nitrogen and oxygen atoms in total. The number of rotatable bonds is 6. The Morgan fingerprint density at radius 3 is 1.36 bits per heavy atom. The minimum atomic E-state index is -0.954. The zero-order valence-corrected chi connectivity index (χ0v) is 33.6. The molecule has 0 bridgehead atoms. The van der Waals surface area contributed by atoms with Crippen LogP contribution in [0.1, 0.15) is 59.2 Å². The van der Waals surface area contributed by atoms with E-state index in [0.29, 0.717) is 16.6 Å². The van der Waals surface area contributed by atoms with Crippen molar-refractivity contribution in [2.45, 2.75) is 38.5 Å². The van der Waals surface area contributed by atoms with Gasteiger partial charge in [0.05, 0.1) is 40.3 Å². The van der Waals surface area contributed by atoms with Gasteiger partial charge in [-0.3, -0.25) is 0 Å². The van der Waals surface area contributed by atoms with Gasteiger partial charge in [-0.15, -0.1) is 0 Å². The maximum Gasteiger partial charge on any atom is 1.00 e. The molecule has 0 saturated carbocycles. The summed E-state index contributed by atoms with van der Waals surface area (Å²) in [6.07, 6.45) is 7.18. The Bertz CT molecular complexity index is 2180. The summed E-state index contributed by atoms with van der Waals surface area (Å²) in [5, 5.41) is 16.2. The number of fused-ring (bicyclic) bond motifs is 2. The minimum absolute atomic E-state index is 0. The number of aliphatic hydroxyl groups is 1. The summed E-state index contributed by atoms with van der Waals surface area (Å²) in [6, 6.07) is 30.3. The standard InChI is InChI=1S/C21H21N3O2.C20H19N3O2.CH4O.Na.H2O/c1-26-21(25)16-10-11-17-18(14-16)22-19(15-8-4-2-5-9-15)20(23-17)24-12-6-3-7-13-24;24-20(25)15-9-10-16-17(13-15)21-18(14-7-3-1-4-8-14)19(22-16)23-11-5-2-6-12-23;1-2;;/h2,4-5,8-11,14H,3,6-7,12-13H2,1H3;1,3-4,7-10,13H,2,5-6,11-12H2,(H,24,25);2H,1H3;;1H2/q;;;+1;/p-1. The van der Waals surface area contributed by atoms with Crippen molar-refractivity contribution in [3.05, 3.63) is 108 Å². The van der Waals surface area contributed by atoms with Gasteiger partial charge in [-0.2, -0.15) is 0 Å². The van der Waals surface area contributed by atoms with Crippen LogP contribution in [0.15, 0.2) is 97.1 Å². The van der Waals surface area contributed by atoms with Crippen molar-refractivity contribution in [2.24, 2.45) is 0 Å². The zero-order valence-electron chi connectivity index (χ0n) is 31.6. The third kappa shape index (κ3) is 10.2. The molecule has 0 aliphatic carbocycles. The van der Waals surface area contributed by atoms with E-state index < -0.39 is 5.97 Å². The number of benzene rings is 4. The van der Waals surface area contributed by atoms with E-state index in [1.165, 1.54) is 32.8 Å². The van der Waals surface area contributed by atoms with Crippen LogP contribution >= 0.6 is 0 Å². The van der Waals surface area contributed by atoms with Crippen LogP contribution < -0.4 is 39.4 Å². The molecule has 2 fully saturated rings. The topological polar surface area (TPSA) is 172 Å². The predicted molar refractivity (Wildman–Crippen MR) is 210 cm³/mol. The molecule has 2 saturated heterocycles. The summed E-state index contributed by atoms with van der Waals surface area (Å²) in [5.74, 6) is 0.496. The number of aromatic carboxylic acids is 1. The van der Waals surface area contributed by atoms with E-state index in [2.05, 4.69) is 9.80 Å². The van der Waals surface area contributed by atoms with Crippen LogP contribution in [0.25, 0.3) is 44.6 Å². The molecule has 6 aromatic rings. The zero-order chi connectivity index (χ0) is 37.2. The minimum Gasteiger partial charge on any atom is -0.870 e. The second kappa shape index (κ2) is 20.6. The molecule has 0 radical (unpaired) electrons. The first-order chi connectivity index (χ1) is 26.0. The number of esters is 1. The number of carboxylic acid groups (broad SMARTS) is 1. The Labute approximate surface area is 342 Å². The molecule has 55 heavy (non-hydrogen) atoms. The van der Waals surface area contributed by atoms with E-state index in [1.54, 1.807) is 30.3 Å². The Morgan fingerprint density at radius 2 is 0.964 bits per heavy atom. The molecule has 8 rings (SSSR count). The number of hydrogen-bond acceptors (Lipinski definition) is 11. The van der Waals surface area contributed by atoms with Gasteiger partial charge in [-0.25, -0.2) is 29.5 Å². The molecule has 2 aliphatic heterocycles. The molecule has 3 N–H and O–H groups in total. The van der Waals surface area contributed by atoms with Gasteiger partial charge in [0, 0.05) is 44.4 Å². The summed E-state index contributed by atoms with van der Waals surface area (Å²) < 4.78 is 4.82. The Morgan fingerprint density at radius 1 is 0.564 bits per heavy atom. The molecule has 13 heteroatoms. The number of nitrogens with zero attached hydrogens (tertiary/aromatic N) is 6. The molecule has 0 atom stereocenters.